The monoisotopic (exact) mass is 213 g/mol. The molecule has 1 saturated heterocycles. The molecule has 1 aliphatic rings. The van der Waals surface area contributed by atoms with Crippen molar-refractivity contribution in [2.45, 2.75) is 19.5 Å². The van der Waals surface area contributed by atoms with Crippen molar-refractivity contribution in [3.8, 4) is 0 Å². The molecule has 0 bridgehead atoms. The van der Waals surface area contributed by atoms with Gasteiger partial charge in [0.15, 0.2) is 0 Å². The van der Waals surface area contributed by atoms with Crippen LogP contribution in [-0.4, -0.2) is 34.0 Å². The fourth-order valence-electron chi connectivity index (χ4n) is 1.59. The molecule has 0 radical (unpaired) electrons. The van der Waals surface area contributed by atoms with Crippen LogP contribution in [0.3, 0.4) is 0 Å². The third-order valence-electron chi connectivity index (χ3n) is 2.44. The minimum atomic E-state index is 0.263. The quantitative estimate of drug-likeness (QED) is 0.800. The van der Waals surface area contributed by atoms with E-state index in [0.717, 1.165) is 18.8 Å². The Kier molecular flexibility index (Phi) is 2.98. The van der Waals surface area contributed by atoms with Crippen LogP contribution in [0.15, 0.2) is 10.6 Å². The van der Waals surface area contributed by atoms with Crippen LogP contribution < -0.4 is 5.73 Å². The van der Waals surface area contributed by atoms with Crippen molar-refractivity contribution < 1.29 is 4.42 Å². The number of nitrogens with zero attached hydrogens (tertiary/aromatic N) is 2. The number of oxazole rings is 1. The van der Waals surface area contributed by atoms with E-state index in [1.807, 2.05) is 11.8 Å². The van der Waals surface area contributed by atoms with Crippen LogP contribution in [0.1, 0.15) is 12.7 Å². The van der Waals surface area contributed by atoms with Crippen molar-refractivity contribution in [2.75, 3.05) is 23.8 Å². The van der Waals surface area contributed by atoms with Crippen LogP contribution in [0.25, 0.3) is 0 Å². The summed E-state index contributed by atoms with van der Waals surface area (Å²) in [7, 11) is 0. The lowest BCUT2D eigenvalue weighted by Gasteiger charge is -2.31. The minimum absolute atomic E-state index is 0.263. The van der Waals surface area contributed by atoms with Crippen LogP contribution >= 0.6 is 11.8 Å². The van der Waals surface area contributed by atoms with Gasteiger partial charge in [-0.3, -0.25) is 4.90 Å². The zero-order chi connectivity index (χ0) is 9.97. The van der Waals surface area contributed by atoms with E-state index in [1.54, 1.807) is 6.20 Å². The Bertz CT molecular complexity index is 302. The number of aromatic nitrogens is 1. The van der Waals surface area contributed by atoms with Gasteiger partial charge in [0.2, 0.25) is 0 Å². The largest absolute Gasteiger partial charge is 0.428 e. The Hall–Kier alpha value is -0.680. The first-order valence-electron chi connectivity index (χ1n) is 4.77. The summed E-state index contributed by atoms with van der Waals surface area (Å²) in [6, 6.07) is 0.874. The second kappa shape index (κ2) is 4.23. The number of anilines is 1. The second-order valence-corrected chi connectivity index (χ2v) is 4.71. The molecule has 1 aromatic rings. The predicted molar refractivity (Wildman–Crippen MR) is 58.1 cm³/mol. The van der Waals surface area contributed by atoms with Crippen molar-refractivity contribution in [1.29, 1.82) is 0 Å². The third kappa shape index (κ3) is 2.22. The van der Waals surface area contributed by atoms with Crippen molar-refractivity contribution in [3.05, 3.63) is 12.0 Å². The molecular formula is C9H15N3OS. The van der Waals surface area contributed by atoms with Gasteiger partial charge < -0.3 is 10.2 Å². The first kappa shape index (κ1) is 9.86. The number of nitrogens with two attached hydrogens (primary N) is 1. The first-order valence-corrected chi connectivity index (χ1v) is 5.93. The molecule has 78 valence electrons. The highest BCUT2D eigenvalue weighted by molar-refractivity contribution is 7.99. The topological polar surface area (TPSA) is 55.3 Å². The fourth-order valence-corrected chi connectivity index (χ4v) is 2.67. The Balaban J connectivity index is 1.95. The number of hydrogen-bond acceptors (Lipinski definition) is 5. The standard InChI is InChI=1S/C9H15N3OS/c1-7-6-14-3-2-12(7)5-8-4-11-9(10)13-8/h4,7H,2-3,5-6H2,1H3,(H2,10,11). The van der Waals surface area contributed by atoms with Crippen LogP contribution in [0, 0.1) is 0 Å². The third-order valence-corrected chi connectivity index (χ3v) is 3.62. The lowest BCUT2D eigenvalue weighted by molar-refractivity contribution is 0.207. The van der Waals surface area contributed by atoms with Crippen molar-refractivity contribution in [1.82, 2.24) is 9.88 Å². The van der Waals surface area contributed by atoms with E-state index in [1.165, 1.54) is 11.5 Å². The summed E-state index contributed by atoms with van der Waals surface area (Å²) in [5.41, 5.74) is 5.42. The average Bonchev–Trinajstić information content (AvgIpc) is 2.56. The zero-order valence-electron chi connectivity index (χ0n) is 8.27. The molecule has 14 heavy (non-hydrogen) atoms. The van der Waals surface area contributed by atoms with E-state index >= 15 is 0 Å². The molecule has 0 spiro atoms. The highest BCUT2D eigenvalue weighted by Crippen LogP contribution is 2.18. The second-order valence-electron chi connectivity index (χ2n) is 3.56. The number of rotatable bonds is 2. The molecule has 1 atom stereocenters. The molecule has 0 aliphatic carbocycles. The molecule has 1 unspecified atom stereocenters. The average molecular weight is 213 g/mol. The van der Waals surface area contributed by atoms with E-state index < -0.39 is 0 Å². The SMILES string of the molecule is CC1CSCCN1Cc1cnc(N)o1. The molecule has 0 aromatic carbocycles. The van der Waals surface area contributed by atoms with Gasteiger partial charge in [-0.25, -0.2) is 4.98 Å². The van der Waals surface area contributed by atoms with E-state index in [2.05, 4.69) is 16.8 Å². The summed E-state index contributed by atoms with van der Waals surface area (Å²) in [6.45, 7) is 4.18. The van der Waals surface area contributed by atoms with Crippen LogP contribution in [0.5, 0.6) is 0 Å². The zero-order valence-corrected chi connectivity index (χ0v) is 9.09. The fraction of sp³-hybridized carbons (Fsp3) is 0.667. The van der Waals surface area contributed by atoms with Crippen molar-refractivity contribution >= 4 is 17.8 Å². The molecule has 0 saturated carbocycles. The maximum absolute atomic E-state index is 5.42. The van der Waals surface area contributed by atoms with Gasteiger partial charge in [-0.1, -0.05) is 0 Å². The molecule has 0 amide bonds. The normalized spacial score (nSPS) is 23.9. The molecule has 4 nitrogen and oxygen atoms in total. The molecule has 2 N–H and O–H groups in total. The van der Waals surface area contributed by atoms with E-state index in [9.17, 15) is 0 Å². The van der Waals surface area contributed by atoms with Gasteiger partial charge in [-0.15, -0.1) is 0 Å². The van der Waals surface area contributed by atoms with Crippen LogP contribution in [-0.2, 0) is 6.54 Å². The van der Waals surface area contributed by atoms with E-state index in [4.69, 9.17) is 10.2 Å². The molecule has 5 heteroatoms. The summed E-state index contributed by atoms with van der Waals surface area (Å²) < 4.78 is 5.25. The Morgan fingerprint density at radius 3 is 3.29 bits per heavy atom. The summed E-state index contributed by atoms with van der Waals surface area (Å²) in [6.07, 6.45) is 1.71. The molecule has 2 rings (SSSR count). The summed E-state index contributed by atoms with van der Waals surface area (Å²) >= 11 is 2.01. The van der Waals surface area contributed by atoms with Gasteiger partial charge in [0.1, 0.15) is 5.76 Å². The van der Waals surface area contributed by atoms with Gasteiger partial charge in [-0.05, 0) is 6.92 Å². The molecule has 1 fully saturated rings. The van der Waals surface area contributed by atoms with Crippen molar-refractivity contribution in [2.24, 2.45) is 0 Å². The van der Waals surface area contributed by atoms with Gasteiger partial charge in [-0.2, -0.15) is 11.8 Å². The summed E-state index contributed by atoms with van der Waals surface area (Å²) in [5, 5.41) is 0. The van der Waals surface area contributed by atoms with Crippen LogP contribution in [0.2, 0.25) is 0 Å². The molecular weight excluding hydrogens is 198 g/mol. The van der Waals surface area contributed by atoms with Gasteiger partial charge in [0, 0.05) is 24.1 Å². The van der Waals surface area contributed by atoms with Crippen LogP contribution in [0.4, 0.5) is 6.01 Å². The molecule has 1 aromatic heterocycles. The maximum Gasteiger partial charge on any atom is 0.292 e. The van der Waals surface area contributed by atoms with E-state index in [-0.39, 0.29) is 6.01 Å². The number of thioether (sulfide) groups is 1. The number of nitrogen functional groups attached to an aromatic ring is 1. The van der Waals surface area contributed by atoms with Gasteiger partial charge >= 0.3 is 0 Å². The highest BCUT2D eigenvalue weighted by atomic mass is 32.2. The summed E-state index contributed by atoms with van der Waals surface area (Å²) in [5.74, 6) is 3.26. The first-order chi connectivity index (χ1) is 6.75. The molecule has 1 aliphatic heterocycles. The Morgan fingerprint density at radius 2 is 2.64 bits per heavy atom. The van der Waals surface area contributed by atoms with Crippen molar-refractivity contribution in [3.63, 3.8) is 0 Å². The predicted octanol–water partition coefficient (Wildman–Crippen LogP) is 1.19. The lowest BCUT2D eigenvalue weighted by atomic mass is 10.3. The summed E-state index contributed by atoms with van der Waals surface area (Å²) in [4.78, 5) is 6.29. The Morgan fingerprint density at radius 1 is 1.79 bits per heavy atom. The Labute approximate surface area is 87.9 Å². The van der Waals surface area contributed by atoms with Gasteiger partial charge in [0.25, 0.3) is 6.01 Å². The van der Waals surface area contributed by atoms with E-state index in [0.29, 0.717) is 6.04 Å². The smallest absolute Gasteiger partial charge is 0.292 e. The van der Waals surface area contributed by atoms with Gasteiger partial charge in [0.05, 0.1) is 12.7 Å². The number of hydrogen-bond donors (Lipinski definition) is 1. The lowest BCUT2D eigenvalue weighted by Crippen LogP contribution is -2.39. The highest BCUT2D eigenvalue weighted by Gasteiger charge is 2.19. The maximum atomic E-state index is 5.42. The molecule has 2 heterocycles. The minimum Gasteiger partial charge on any atom is -0.428 e.